The molecule has 1 heterocycles. The van der Waals surface area contributed by atoms with Gasteiger partial charge in [-0.05, 0) is 0 Å². The summed E-state index contributed by atoms with van der Waals surface area (Å²) in [6, 6.07) is 1.69. The molecule has 9 heavy (non-hydrogen) atoms. The molecule has 1 aromatic heterocycles. The summed E-state index contributed by atoms with van der Waals surface area (Å²) in [5.41, 5.74) is 0. The molecule has 1 rings (SSSR count). The van der Waals surface area contributed by atoms with E-state index in [1.54, 1.807) is 13.2 Å². The van der Waals surface area contributed by atoms with Crippen molar-refractivity contribution in [3.8, 4) is 5.06 Å². The van der Waals surface area contributed by atoms with Gasteiger partial charge >= 0.3 is 0 Å². The largest absolute Gasteiger partial charge is 0.487 e. The Kier molecular flexibility index (Phi) is 2.22. The monoisotopic (exact) mass is 182 g/mol. The van der Waals surface area contributed by atoms with Gasteiger partial charge in [0.15, 0.2) is 5.06 Å². The lowest BCUT2D eigenvalue weighted by atomic mass is 10.6. The van der Waals surface area contributed by atoms with Gasteiger partial charge in [-0.3, -0.25) is 0 Å². The van der Waals surface area contributed by atoms with Crippen LogP contribution in [0.4, 0.5) is 0 Å². The molecule has 0 atom stereocenters. The quantitative estimate of drug-likeness (QED) is 0.650. The van der Waals surface area contributed by atoms with E-state index in [0.717, 1.165) is 5.06 Å². The van der Waals surface area contributed by atoms with E-state index >= 15 is 0 Å². The summed E-state index contributed by atoms with van der Waals surface area (Å²) in [5, 5.41) is 1.29. The Morgan fingerprint density at radius 3 is 2.44 bits per heavy atom. The molecule has 0 N–H and O–H groups in total. The van der Waals surface area contributed by atoms with Crippen LogP contribution in [0, 0.1) is 0 Å². The lowest BCUT2D eigenvalue weighted by Gasteiger charge is -1.86. The molecule has 1 nitrogen and oxygen atoms in total. The summed E-state index contributed by atoms with van der Waals surface area (Å²) in [5.74, 6) is 0. The van der Waals surface area contributed by atoms with Crippen molar-refractivity contribution in [3.63, 3.8) is 0 Å². The van der Waals surface area contributed by atoms with Gasteiger partial charge in [-0.1, -0.05) is 34.5 Å². The van der Waals surface area contributed by atoms with E-state index in [2.05, 4.69) is 0 Å². The smallest absolute Gasteiger partial charge is 0.176 e. The maximum absolute atomic E-state index is 5.61. The van der Waals surface area contributed by atoms with Crippen LogP contribution >= 0.6 is 34.5 Å². The zero-order valence-electron chi connectivity index (χ0n) is 4.65. The molecular weight excluding hydrogens is 179 g/mol. The normalized spacial score (nSPS) is 9.67. The second kappa shape index (κ2) is 2.78. The molecule has 0 aromatic carbocycles. The summed E-state index contributed by atoms with van der Waals surface area (Å²) in [4.78, 5) is 0. The number of thiophene rings is 1. The van der Waals surface area contributed by atoms with Crippen molar-refractivity contribution in [2.75, 3.05) is 7.11 Å². The third kappa shape index (κ3) is 1.51. The summed E-state index contributed by atoms with van der Waals surface area (Å²) in [7, 11) is 1.58. The second-order valence-corrected chi connectivity index (χ2v) is 3.42. The predicted molar refractivity (Wildman–Crippen MR) is 40.9 cm³/mol. The van der Waals surface area contributed by atoms with Gasteiger partial charge in [-0.25, -0.2) is 0 Å². The maximum atomic E-state index is 5.61. The minimum Gasteiger partial charge on any atom is -0.487 e. The Balaban J connectivity index is 2.98. The Morgan fingerprint density at radius 1 is 1.56 bits per heavy atom. The molecule has 0 aliphatic rings. The lowest BCUT2D eigenvalue weighted by molar-refractivity contribution is 0.427. The Labute approximate surface area is 67.2 Å². The molecule has 0 radical (unpaired) electrons. The van der Waals surface area contributed by atoms with Gasteiger partial charge in [-0.2, -0.15) is 0 Å². The molecule has 0 saturated carbocycles. The minimum atomic E-state index is 0.554. The number of hydrogen-bond donors (Lipinski definition) is 0. The highest BCUT2D eigenvalue weighted by Gasteiger charge is 2.02. The Morgan fingerprint density at radius 2 is 2.22 bits per heavy atom. The van der Waals surface area contributed by atoms with E-state index in [4.69, 9.17) is 27.9 Å². The highest BCUT2D eigenvalue weighted by Crippen LogP contribution is 2.36. The van der Waals surface area contributed by atoms with Gasteiger partial charge < -0.3 is 4.74 Å². The van der Waals surface area contributed by atoms with Crippen LogP contribution in [-0.4, -0.2) is 7.11 Å². The van der Waals surface area contributed by atoms with Crippen molar-refractivity contribution in [1.29, 1.82) is 0 Å². The van der Waals surface area contributed by atoms with Crippen LogP contribution in [0.2, 0.25) is 9.36 Å². The lowest BCUT2D eigenvalue weighted by Crippen LogP contribution is -1.73. The van der Waals surface area contributed by atoms with Crippen molar-refractivity contribution in [3.05, 3.63) is 15.4 Å². The predicted octanol–water partition coefficient (Wildman–Crippen LogP) is 3.06. The molecule has 0 fully saturated rings. The summed E-state index contributed by atoms with van der Waals surface area (Å²) in [6.45, 7) is 0. The van der Waals surface area contributed by atoms with Crippen LogP contribution in [0.1, 0.15) is 0 Å². The first kappa shape index (κ1) is 7.19. The standard InChI is InChI=1S/C5H4Cl2OS/c1-8-4-2-3(6)5(7)9-4/h2H,1H3. The molecule has 0 bridgehead atoms. The molecule has 4 heteroatoms. The van der Waals surface area contributed by atoms with Crippen LogP contribution in [0.3, 0.4) is 0 Å². The van der Waals surface area contributed by atoms with Gasteiger partial charge in [0, 0.05) is 6.07 Å². The first-order valence-corrected chi connectivity index (χ1v) is 3.80. The molecule has 0 amide bonds. The van der Waals surface area contributed by atoms with E-state index < -0.39 is 0 Å². The zero-order chi connectivity index (χ0) is 6.85. The summed E-state index contributed by atoms with van der Waals surface area (Å²) in [6.07, 6.45) is 0. The molecule has 0 saturated heterocycles. The number of halogens is 2. The van der Waals surface area contributed by atoms with Gasteiger partial charge in [0.25, 0.3) is 0 Å². The number of methoxy groups -OCH3 is 1. The van der Waals surface area contributed by atoms with Gasteiger partial charge in [0.05, 0.1) is 12.1 Å². The van der Waals surface area contributed by atoms with E-state index in [1.165, 1.54) is 11.3 Å². The van der Waals surface area contributed by atoms with Crippen LogP contribution in [0.15, 0.2) is 6.07 Å². The van der Waals surface area contributed by atoms with Gasteiger partial charge in [0.1, 0.15) is 4.34 Å². The van der Waals surface area contributed by atoms with Crippen molar-refractivity contribution in [2.24, 2.45) is 0 Å². The van der Waals surface area contributed by atoms with E-state index in [1.807, 2.05) is 0 Å². The topological polar surface area (TPSA) is 9.23 Å². The molecular formula is C5H4Cl2OS. The first-order valence-electron chi connectivity index (χ1n) is 2.23. The minimum absolute atomic E-state index is 0.554. The average molecular weight is 183 g/mol. The molecule has 0 aliphatic heterocycles. The maximum Gasteiger partial charge on any atom is 0.176 e. The summed E-state index contributed by atoms with van der Waals surface area (Å²) >= 11 is 12.5. The van der Waals surface area contributed by atoms with Crippen LogP contribution in [0.5, 0.6) is 5.06 Å². The van der Waals surface area contributed by atoms with Crippen molar-refractivity contribution in [1.82, 2.24) is 0 Å². The number of rotatable bonds is 1. The molecule has 0 spiro atoms. The number of hydrogen-bond acceptors (Lipinski definition) is 2. The van der Waals surface area contributed by atoms with E-state index in [-0.39, 0.29) is 0 Å². The Bertz CT molecular complexity index is 189. The number of ether oxygens (including phenoxy) is 1. The van der Waals surface area contributed by atoms with Crippen LogP contribution in [0.25, 0.3) is 0 Å². The SMILES string of the molecule is COc1cc(Cl)c(Cl)s1. The van der Waals surface area contributed by atoms with E-state index in [9.17, 15) is 0 Å². The highest BCUT2D eigenvalue weighted by molar-refractivity contribution is 7.18. The fourth-order valence-corrected chi connectivity index (χ4v) is 1.58. The van der Waals surface area contributed by atoms with Crippen LogP contribution < -0.4 is 4.74 Å². The Hall–Kier alpha value is 0.0800. The highest BCUT2D eigenvalue weighted by atomic mass is 35.5. The van der Waals surface area contributed by atoms with E-state index in [0.29, 0.717) is 9.36 Å². The van der Waals surface area contributed by atoms with Crippen molar-refractivity contribution < 1.29 is 4.74 Å². The fraction of sp³-hybridized carbons (Fsp3) is 0.200. The van der Waals surface area contributed by atoms with Crippen LogP contribution in [-0.2, 0) is 0 Å². The first-order chi connectivity index (χ1) is 4.24. The molecule has 50 valence electrons. The van der Waals surface area contributed by atoms with Gasteiger partial charge in [-0.15, -0.1) is 0 Å². The second-order valence-electron chi connectivity index (χ2n) is 1.39. The average Bonchev–Trinajstić information content (AvgIpc) is 2.13. The van der Waals surface area contributed by atoms with Crippen molar-refractivity contribution in [2.45, 2.75) is 0 Å². The third-order valence-corrected chi connectivity index (χ3v) is 2.65. The fourth-order valence-electron chi connectivity index (χ4n) is 0.427. The zero-order valence-corrected chi connectivity index (χ0v) is 6.98. The molecule has 1 aromatic rings. The molecule has 0 unspecified atom stereocenters. The molecule has 0 aliphatic carbocycles. The van der Waals surface area contributed by atoms with Gasteiger partial charge in [0.2, 0.25) is 0 Å². The summed E-state index contributed by atoms with van der Waals surface area (Å²) < 4.78 is 5.44. The van der Waals surface area contributed by atoms with Crippen molar-refractivity contribution >= 4 is 34.5 Å². The third-order valence-electron chi connectivity index (χ3n) is 0.824.